The van der Waals surface area contributed by atoms with E-state index in [1.165, 1.54) is 11.3 Å². The second-order valence-electron chi connectivity index (χ2n) is 4.13. The molecule has 2 aromatic rings. The molecule has 5 nitrogen and oxygen atoms in total. The molecular formula is C13H12N2O3S. The van der Waals surface area contributed by atoms with Crippen LogP contribution >= 0.6 is 11.3 Å². The van der Waals surface area contributed by atoms with Crippen molar-refractivity contribution in [1.82, 2.24) is 4.98 Å². The van der Waals surface area contributed by atoms with Gasteiger partial charge in [0.2, 0.25) is 5.91 Å². The molecule has 98 valence electrons. The minimum atomic E-state index is -0.372. The SMILES string of the molecule is NC(=O)Cc1nc(-c2ccc3c(c2)OCCO3)cs1. The van der Waals surface area contributed by atoms with E-state index >= 15 is 0 Å². The Morgan fingerprint density at radius 1 is 1.32 bits per heavy atom. The molecule has 0 saturated heterocycles. The van der Waals surface area contributed by atoms with Gasteiger partial charge in [-0.2, -0.15) is 0 Å². The zero-order valence-corrected chi connectivity index (χ0v) is 10.9. The van der Waals surface area contributed by atoms with Crippen LogP contribution in [-0.2, 0) is 11.2 Å². The Kier molecular flexibility index (Phi) is 3.08. The van der Waals surface area contributed by atoms with Crippen molar-refractivity contribution in [3.63, 3.8) is 0 Å². The van der Waals surface area contributed by atoms with Crippen LogP contribution in [0.15, 0.2) is 23.6 Å². The van der Waals surface area contributed by atoms with E-state index in [1.54, 1.807) is 0 Å². The fourth-order valence-corrected chi connectivity index (χ4v) is 2.69. The van der Waals surface area contributed by atoms with E-state index in [2.05, 4.69) is 4.98 Å². The van der Waals surface area contributed by atoms with Crippen molar-refractivity contribution in [2.75, 3.05) is 13.2 Å². The van der Waals surface area contributed by atoms with Crippen molar-refractivity contribution in [3.05, 3.63) is 28.6 Å². The molecule has 1 amide bonds. The van der Waals surface area contributed by atoms with Crippen LogP contribution in [0.25, 0.3) is 11.3 Å². The Bertz CT molecular complexity index is 624. The summed E-state index contributed by atoms with van der Waals surface area (Å²) >= 11 is 1.43. The number of benzene rings is 1. The molecule has 0 fully saturated rings. The first kappa shape index (κ1) is 12.0. The smallest absolute Gasteiger partial charge is 0.224 e. The number of amides is 1. The van der Waals surface area contributed by atoms with Crippen LogP contribution in [0.2, 0.25) is 0 Å². The highest BCUT2D eigenvalue weighted by Gasteiger charge is 2.14. The zero-order valence-electron chi connectivity index (χ0n) is 10.1. The molecule has 19 heavy (non-hydrogen) atoms. The summed E-state index contributed by atoms with van der Waals surface area (Å²) < 4.78 is 11.0. The molecule has 0 unspecified atom stereocenters. The van der Waals surface area contributed by atoms with Crippen molar-refractivity contribution in [1.29, 1.82) is 0 Å². The van der Waals surface area contributed by atoms with Gasteiger partial charge in [-0.05, 0) is 18.2 Å². The molecule has 1 aromatic carbocycles. The molecule has 0 atom stereocenters. The van der Waals surface area contributed by atoms with E-state index in [-0.39, 0.29) is 12.3 Å². The fourth-order valence-electron chi connectivity index (χ4n) is 1.88. The number of rotatable bonds is 3. The van der Waals surface area contributed by atoms with Crippen LogP contribution in [-0.4, -0.2) is 24.1 Å². The van der Waals surface area contributed by atoms with Crippen molar-refractivity contribution < 1.29 is 14.3 Å². The molecule has 6 heteroatoms. The van der Waals surface area contributed by atoms with Gasteiger partial charge in [0.25, 0.3) is 0 Å². The molecule has 0 radical (unpaired) electrons. The van der Waals surface area contributed by atoms with E-state index in [9.17, 15) is 4.79 Å². The minimum absolute atomic E-state index is 0.176. The number of carbonyl (C=O) groups excluding carboxylic acids is 1. The average Bonchev–Trinajstić information content (AvgIpc) is 2.86. The van der Waals surface area contributed by atoms with Gasteiger partial charge in [0.1, 0.15) is 18.2 Å². The summed E-state index contributed by atoms with van der Waals surface area (Å²) in [7, 11) is 0. The number of aromatic nitrogens is 1. The lowest BCUT2D eigenvalue weighted by atomic mass is 10.1. The van der Waals surface area contributed by atoms with Crippen LogP contribution in [0.1, 0.15) is 5.01 Å². The third kappa shape index (κ3) is 2.53. The van der Waals surface area contributed by atoms with Gasteiger partial charge in [0, 0.05) is 10.9 Å². The van der Waals surface area contributed by atoms with Gasteiger partial charge in [-0.15, -0.1) is 11.3 Å². The molecule has 0 aliphatic carbocycles. The third-order valence-electron chi connectivity index (χ3n) is 2.72. The summed E-state index contributed by atoms with van der Waals surface area (Å²) in [5.41, 5.74) is 6.91. The van der Waals surface area contributed by atoms with Gasteiger partial charge in [0.05, 0.1) is 12.1 Å². The second kappa shape index (κ2) is 4.89. The van der Waals surface area contributed by atoms with Gasteiger partial charge in [0.15, 0.2) is 11.5 Å². The summed E-state index contributed by atoms with van der Waals surface area (Å²) in [6.07, 6.45) is 0.176. The molecule has 0 saturated carbocycles. The number of nitrogens with zero attached hydrogens (tertiary/aromatic N) is 1. The summed E-state index contributed by atoms with van der Waals surface area (Å²) in [5, 5.41) is 2.63. The summed E-state index contributed by atoms with van der Waals surface area (Å²) in [6, 6.07) is 5.70. The molecule has 1 aliphatic rings. The number of thiazole rings is 1. The molecule has 0 bridgehead atoms. The van der Waals surface area contributed by atoms with E-state index < -0.39 is 0 Å². The Balaban J connectivity index is 1.89. The number of carbonyl (C=O) groups is 1. The lowest BCUT2D eigenvalue weighted by Crippen LogP contribution is -2.15. The zero-order chi connectivity index (χ0) is 13.2. The van der Waals surface area contributed by atoms with Crippen LogP contribution < -0.4 is 15.2 Å². The summed E-state index contributed by atoms with van der Waals surface area (Å²) in [4.78, 5) is 15.2. The maximum atomic E-state index is 10.9. The minimum Gasteiger partial charge on any atom is -0.486 e. The van der Waals surface area contributed by atoms with Gasteiger partial charge >= 0.3 is 0 Å². The van der Waals surface area contributed by atoms with Gasteiger partial charge in [-0.1, -0.05) is 0 Å². The van der Waals surface area contributed by atoms with Crippen molar-refractivity contribution in [2.45, 2.75) is 6.42 Å². The van der Waals surface area contributed by atoms with Crippen molar-refractivity contribution >= 4 is 17.2 Å². The number of hydrogen-bond acceptors (Lipinski definition) is 5. The molecule has 2 heterocycles. The highest BCUT2D eigenvalue weighted by atomic mass is 32.1. The first-order valence-corrected chi connectivity index (χ1v) is 6.73. The second-order valence-corrected chi connectivity index (χ2v) is 5.07. The monoisotopic (exact) mass is 276 g/mol. The normalized spacial score (nSPS) is 13.3. The van der Waals surface area contributed by atoms with Gasteiger partial charge in [-0.3, -0.25) is 4.79 Å². The number of hydrogen-bond donors (Lipinski definition) is 1. The number of ether oxygens (including phenoxy) is 2. The highest BCUT2D eigenvalue weighted by Crippen LogP contribution is 2.34. The third-order valence-corrected chi connectivity index (χ3v) is 3.56. The largest absolute Gasteiger partial charge is 0.486 e. The van der Waals surface area contributed by atoms with Crippen LogP contribution in [0, 0.1) is 0 Å². The van der Waals surface area contributed by atoms with Crippen molar-refractivity contribution in [3.8, 4) is 22.8 Å². The Morgan fingerprint density at radius 3 is 2.89 bits per heavy atom. The lowest BCUT2D eigenvalue weighted by molar-refractivity contribution is -0.117. The first-order chi connectivity index (χ1) is 9.22. The number of fused-ring (bicyclic) bond motifs is 1. The molecular weight excluding hydrogens is 264 g/mol. The maximum absolute atomic E-state index is 10.9. The predicted molar refractivity (Wildman–Crippen MR) is 71.4 cm³/mol. The Morgan fingerprint density at radius 2 is 2.11 bits per heavy atom. The first-order valence-electron chi connectivity index (χ1n) is 5.85. The van der Waals surface area contributed by atoms with E-state index in [0.717, 1.165) is 27.8 Å². The van der Waals surface area contributed by atoms with Gasteiger partial charge in [-0.25, -0.2) is 4.98 Å². The van der Waals surface area contributed by atoms with Crippen LogP contribution in [0.5, 0.6) is 11.5 Å². The quantitative estimate of drug-likeness (QED) is 0.924. The van der Waals surface area contributed by atoms with E-state index in [0.29, 0.717) is 13.2 Å². The number of primary amides is 1. The molecule has 1 aromatic heterocycles. The lowest BCUT2D eigenvalue weighted by Gasteiger charge is -2.18. The van der Waals surface area contributed by atoms with Gasteiger partial charge < -0.3 is 15.2 Å². The topological polar surface area (TPSA) is 74.4 Å². The molecule has 0 spiro atoms. The van der Waals surface area contributed by atoms with E-state index in [4.69, 9.17) is 15.2 Å². The predicted octanol–water partition coefficient (Wildman–Crippen LogP) is 1.61. The molecule has 2 N–H and O–H groups in total. The van der Waals surface area contributed by atoms with Crippen molar-refractivity contribution in [2.24, 2.45) is 5.73 Å². The summed E-state index contributed by atoms with van der Waals surface area (Å²) in [5.74, 6) is 1.11. The molecule has 3 rings (SSSR count). The standard InChI is InChI=1S/C13H12N2O3S/c14-12(16)6-13-15-9(7-19-13)8-1-2-10-11(5-8)18-4-3-17-10/h1-2,5,7H,3-4,6H2,(H2,14,16). The summed E-state index contributed by atoms with van der Waals surface area (Å²) in [6.45, 7) is 1.13. The number of nitrogens with two attached hydrogens (primary N) is 1. The fraction of sp³-hybridized carbons (Fsp3) is 0.231. The van der Waals surface area contributed by atoms with Crippen LogP contribution in [0.3, 0.4) is 0 Å². The average molecular weight is 276 g/mol. The Hall–Kier alpha value is -2.08. The van der Waals surface area contributed by atoms with Crippen LogP contribution in [0.4, 0.5) is 0 Å². The van der Waals surface area contributed by atoms with E-state index in [1.807, 2.05) is 23.6 Å². The maximum Gasteiger partial charge on any atom is 0.224 e. The molecule has 1 aliphatic heterocycles. The highest BCUT2D eigenvalue weighted by molar-refractivity contribution is 7.10. The Labute approximate surface area is 114 Å².